The van der Waals surface area contributed by atoms with Crippen LogP contribution in [0.1, 0.15) is 37.3 Å². The summed E-state index contributed by atoms with van der Waals surface area (Å²) < 4.78 is 7.78. The summed E-state index contributed by atoms with van der Waals surface area (Å²) in [7, 11) is 0. The topological polar surface area (TPSA) is 85.5 Å². The normalized spacial score (nSPS) is 17.3. The fourth-order valence-corrected chi connectivity index (χ4v) is 4.86. The zero-order valence-corrected chi connectivity index (χ0v) is 20.6. The largest absolute Gasteiger partial charge is 0.491 e. The highest BCUT2D eigenvalue weighted by molar-refractivity contribution is 7.80. The minimum absolute atomic E-state index is 0.0334. The van der Waals surface area contributed by atoms with Crippen LogP contribution in [0.2, 0.25) is 0 Å². The molecule has 3 heterocycles. The first-order chi connectivity index (χ1) is 17.4. The molecular formula is C27H25N5O3S. The van der Waals surface area contributed by atoms with E-state index < -0.39 is 0 Å². The second kappa shape index (κ2) is 9.79. The zero-order chi connectivity index (χ0) is 25.2. The number of hydrogen-bond donors (Lipinski definition) is 1. The second-order valence-electron chi connectivity index (χ2n) is 8.74. The van der Waals surface area contributed by atoms with Gasteiger partial charge in [-0.1, -0.05) is 12.1 Å². The smallest absolute Gasteiger partial charge is 0.271 e. The molecule has 4 aromatic rings. The Morgan fingerprint density at radius 3 is 2.53 bits per heavy atom. The van der Waals surface area contributed by atoms with Crippen LogP contribution in [0.15, 0.2) is 91.3 Å². The quantitative estimate of drug-likeness (QED) is 0.197. The molecule has 5 rings (SSSR count). The average molecular weight is 500 g/mol. The van der Waals surface area contributed by atoms with Gasteiger partial charge in [0.15, 0.2) is 5.11 Å². The number of benzene rings is 2. The molecule has 0 amide bonds. The number of rotatable bonds is 7. The van der Waals surface area contributed by atoms with Gasteiger partial charge in [-0.25, -0.2) is 0 Å². The molecule has 1 saturated heterocycles. The number of nitrogens with zero attached hydrogens (tertiary/aromatic N) is 4. The highest BCUT2D eigenvalue weighted by atomic mass is 32.1. The lowest BCUT2D eigenvalue weighted by Crippen LogP contribution is -2.30. The van der Waals surface area contributed by atoms with E-state index in [0.717, 1.165) is 22.8 Å². The lowest BCUT2D eigenvalue weighted by molar-refractivity contribution is -0.384. The molecule has 0 spiro atoms. The number of nitro benzene ring substituents is 1. The van der Waals surface area contributed by atoms with E-state index in [0.29, 0.717) is 10.8 Å². The summed E-state index contributed by atoms with van der Waals surface area (Å²) in [5.74, 6) is 0.782. The van der Waals surface area contributed by atoms with Crippen molar-refractivity contribution in [2.45, 2.75) is 32.0 Å². The second-order valence-corrected chi connectivity index (χ2v) is 9.12. The Labute approximate surface area is 214 Å². The van der Waals surface area contributed by atoms with E-state index in [1.807, 2.05) is 85.3 Å². The van der Waals surface area contributed by atoms with Gasteiger partial charge >= 0.3 is 0 Å². The predicted molar refractivity (Wildman–Crippen MR) is 143 cm³/mol. The Morgan fingerprint density at radius 2 is 1.83 bits per heavy atom. The van der Waals surface area contributed by atoms with Gasteiger partial charge in [0, 0.05) is 35.9 Å². The molecule has 0 aliphatic carbocycles. The van der Waals surface area contributed by atoms with Crippen molar-refractivity contribution < 1.29 is 9.66 Å². The monoisotopic (exact) mass is 499 g/mol. The van der Waals surface area contributed by atoms with Gasteiger partial charge in [-0.05, 0) is 80.7 Å². The van der Waals surface area contributed by atoms with E-state index in [4.69, 9.17) is 17.0 Å². The first-order valence-corrected chi connectivity index (χ1v) is 12.0. The molecule has 1 N–H and O–H groups in total. The number of ether oxygens (including phenoxy) is 1. The minimum Gasteiger partial charge on any atom is -0.491 e. The van der Waals surface area contributed by atoms with Gasteiger partial charge < -0.3 is 19.5 Å². The van der Waals surface area contributed by atoms with Crippen LogP contribution in [0.5, 0.6) is 5.75 Å². The lowest BCUT2D eigenvalue weighted by Gasteiger charge is -2.29. The summed E-state index contributed by atoms with van der Waals surface area (Å²) >= 11 is 5.83. The zero-order valence-electron chi connectivity index (χ0n) is 19.8. The number of hydrogen-bond acceptors (Lipinski definition) is 5. The number of nitrogens with one attached hydrogen (secondary N) is 1. The van der Waals surface area contributed by atoms with Crippen molar-refractivity contribution in [3.8, 4) is 11.4 Å². The summed E-state index contributed by atoms with van der Waals surface area (Å²) in [5.41, 5.74) is 3.40. The Kier molecular flexibility index (Phi) is 6.39. The Bertz CT molecular complexity index is 1390. The van der Waals surface area contributed by atoms with Crippen LogP contribution >= 0.6 is 12.2 Å². The molecule has 1 aliphatic rings. The van der Waals surface area contributed by atoms with Crippen molar-refractivity contribution in [2.24, 2.45) is 0 Å². The van der Waals surface area contributed by atoms with Gasteiger partial charge in [0.25, 0.3) is 5.69 Å². The Morgan fingerprint density at radius 1 is 1.03 bits per heavy atom. The van der Waals surface area contributed by atoms with E-state index >= 15 is 0 Å². The van der Waals surface area contributed by atoms with Crippen molar-refractivity contribution in [1.82, 2.24) is 14.9 Å². The van der Waals surface area contributed by atoms with E-state index in [1.54, 1.807) is 18.3 Å². The maximum atomic E-state index is 11.4. The van der Waals surface area contributed by atoms with E-state index in [2.05, 4.69) is 15.2 Å². The summed E-state index contributed by atoms with van der Waals surface area (Å²) in [6, 6.07) is 23.7. The van der Waals surface area contributed by atoms with Crippen molar-refractivity contribution in [1.29, 1.82) is 0 Å². The SMILES string of the molecule is CC(C)Oc1ccc(N2C(=S)N[C@H](c3ccccn3)[C@H]2c2cccn2-c2cccc([N+](=O)[O-])c2)cc1. The Hall–Kier alpha value is -4.24. The van der Waals surface area contributed by atoms with Crippen molar-refractivity contribution in [3.05, 3.63) is 113 Å². The van der Waals surface area contributed by atoms with Crippen LogP contribution in [0.25, 0.3) is 5.69 Å². The third kappa shape index (κ3) is 4.52. The average Bonchev–Trinajstić information content (AvgIpc) is 3.49. The van der Waals surface area contributed by atoms with Crippen molar-refractivity contribution in [2.75, 3.05) is 4.90 Å². The fraction of sp³-hybridized carbons (Fsp3) is 0.185. The van der Waals surface area contributed by atoms with E-state index in [1.165, 1.54) is 6.07 Å². The molecule has 1 aliphatic heterocycles. The van der Waals surface area contributed by atoms with Crippen molar-refractivity contribution in [3.63, 3.8) is 0 Å². The van der Waals surface area contributed by atoms with Crippen molar-refractivity contribution >= 4 is 28.7 Å². The molecule has 0 radical (unpaired) electrons. The standard InChI is InChI=1S/C27H25N5O3S/c1-18(2)35-22-13-11-19(12-14-22)31-26(25(29-27(31)36)23-9-3-4-15-28-23)24-10-6-16-30(24)20-7-5-8-21(17-20)32(33)34/h3-18,25-26H,1-2H3,(H,29,36)/t25-,26-/m1/s1. The molecule has 1 fully saturated rings. The summed E-state index contributed by atoms with van der Waals surface area (Å²) in [6.07, 6.45) is 3.74. The number of thiocarbonyl (C=S) groups is 1. The first kappa shape index (κ1) is 23.5. The van der Waals surface area contributed by atoms with Gasteiger partial charge in [0.1, 0.15) is 11.8 Å². The molecule has 8 nitrogen and oxygen atoms in total. The maximum Gasteiger partial charge on any atom is 0.271 e. The third-order valence-corrected chi connectivity index (χ3v) is 6.30. The molecule has 182 valence electrons. The molecule has 36 heavy (non-hydrogen) atoms. The number of aromatic nitrogens is 2. The summed E-state index contributed by atoms with van der Waals surface area (Å²) in [6.45, 7) is 3.98. The highest BCUT2D eigenvalue weighted by Crippen LogP contribution is 2.42. The molecule has 2 aromatic heterocycles. The Balaban J connectivity index is 1.61. The summed E-state index contributed by atoms with van der Waals surface area (Å²) in [5, 5.41) is 15.4. The van der Waals surface area contributed by atoms with Gasteiger partial charge in [-0.2, -0.15) is 0 Å². The van der Waals surface area contributed by atoms with Crippen LogP contribution in [-0.4, -0.2) is 25.7 Å². The van der Waals surface area contributed by atoms with E-state index in [-0.39, 0.29) is 28.8 Å². The van der Waals surface area contributed by atoms with Crippen LogP contribution in [0.3, 0.4) is 0 Å². The number of pyridine rings is 1. The van der Waals surface area contributed by atoms with Gasteiger partial charge in [0.05, 0.1) is 28.5 Å². The summed E-state index contributed by atoms with van der Waals surface area (Å²) in [4.78, 5) is 17.7. The molecule has 0 unspecified atom stereocenters. The van der Waals surface area contributed by atoms with Crippen LogP contribution < -0.4 is 15.0 Å². The van der Waals surface area contributed by atoms with Crippen LogP contribution in [0.4, 0.5) is 11.4 Å². The molecule has 2 atom stereocenters. The van der Waals surface area contributed by atoms with Gasteiger partial charge in [-0.3, -0.25) is 15.1 Å². The molecular weight excluding hydrogens is 474 g/mol. The van der Waals surface area contributed by atoms with Crippen LogP contribution in [0, 0.1) is 10.1 Å². The predicted octanol–water partition coefficient (Wildman–Crippen LogP) is 5.74. The van der Waals surface area contributed by atoms with Gasteiger partial charge in [0.2, 0.25) is 0 Å². The maximum absolute atomic E-state index is 11.4. The van der Waals surface area contributed by atoms with Gasteiger partial charge in [-0.15, -0.1) is 0 Å². The third-order valence-electron chi connectivity index (χ3n) is 5.99. The number of non-ortho nitro benzene ring substituents is 1. The first-order valence-electron chi connectivity index (χ1n) is 11.6. The van der Waals surface area contributed by atoms with E-state index in [9.17, 15) is 10.1 Å². The molecule has 0 bridgehead atoms. The minimum atomic E-state index is -0.386. The molecule has 9 heteroatoms. The van der Waals surface area contributed by atoms with Crippen LogP contribution in [-0.2, 0) is 0 Å². The fourth-order valence-electron chi connectivity index (χ4n) is 4.52. The lowest BCUT2D eigenvalue weighted by atomic mass is 10.0. The molecule has 2 aromatic carbocycles. The highest BCUT2D eigenvalue weighted by Gasteiger charge is 2.42. The number of nitro groups is 1. The number of anilines is 1. The molecule has 0 saturated carbocycles.